The van der Waals surface area contributed by atoms with Crippen LogP contribution >= 0.6 is 0 Å². The van der Waals surface area contributed by atoms with Crippen LogP contribution in [0.2, 0.25) is 0 Å². The summed E-state index contributed by atoms with van der Waals surface area (Å²) < 4.78 is 10.7. The van der Waals surface area contributed by atoms with Crippen LogP contribution in [0.1, 0.15) is 18.0 Å². The number of likely N-dealkylation sites (N-methyl/N-ethyl adjacent to an activating group) is 1. The van der Waals surface area contributed by atoms with E-state index in [0.29, 0.717) is 6.04 Å². The van der Waals surface area contributed by atoms with Crippen molar-refractivity contribution in [2.45, 2.75) is 18.5 Å². The Labute approximate surface area is 127 Å². The maximum absolute atomic E-state index is 6.41. The topological polar surface area (TPSA) is 51.0 Å². The van der Waals surface area contributed by atoms with Crippen LogP contribution in [0.25, 0.3) is 0 Å². The number of hydrogen-bond acceptors (Lipinski definition) is 5. The molecule has 0 radical (unpaired) electrons. The molecule has 5 nitrogen and oxygen atoms in total. The van der Waals surface area contributed by atoms with Gasteiger partial charge in [0.1, 0.15) is 11.5 Å². The molecule has 1 fully saturated rings. The molecule has 1 aromatic carbocycles. The Morgan fingerprint density at radius 1 is 1.33 bits per heavy atom. The van der Waals surface area contributed by atoms with Gasteiger partial charge in [-0.1, -0.05) is 0 Å². The quantitative estimate of drug-likeness (QED) is 0.858. The Morgan fingerprint density at radius 3 is 2.67 bits per heavy atom. The second-order valence-corrected chi connectivity index (χ2v) is 5.88. The SMILES string of the molecule is COc1ccc(OC)c(C(N)CN2CCC(N(C)C)C2)c1. The van der Waals surface area contributed by atoms with Crippen LogP contribution in [-0.4, -0.2) is 63.8 Å². The molecule has 0 bridgehead atoms. The number of hydrogen-bond donors (Lipinski definition) is 1. The maximum Gasteiger partial charge on any atom is 0.123 e. The van der Waals surface area contributed by atoms with E-state index in [1.807, 2.05) is 18.2 Å². The minimum absolute atomic E-state index is 0.0732. The lowest BCUT2D eigenvalue weighted by Crippen LogP contribution is -2.35. The Morgan fingerprint density at radius 2 is 2.10 bits per heavy atom. The molecule has 5 heteroatoms. The van der Waals surface area contributed by atoms with Crippen molar-refractivity contribution in [3.8, 4) is 11.5 Å². The number of benzene rings is 1. The van der Waals surface area contributed by atoms with E-state index in [1.165, 1.54) is 6.42 Å². The molecule has 1 saturated heterocycles. The van der Waals surface area contributed by atoms with E-state index < -0.39 is 0 Å². The van der Waals surface area contributed by atoms with E-state index in [2.05, 4.69) is 23.9 Å². The van der Waals surface area contributed by atoms with E-state index in [9.17, 15) is 0 Å². The predicted molar refractivity (Wildman–Crippen MR) is 85.0 cm³/mol. The molecule has 1 aromatic rings. The van der Waals surface area contributed by atoms with Gasteiger partial charge in [0, 0.05) is 30.7 Å². The summed E-state index contributed by atoms with van der Waals surface area (Å²) >= 11 is 0. The molecule has 0 spiro atoms. The van der Waals surface area contributed by atoms with Crippen LogP contribution in [0.5, 0.6) is 11.5 Å². The average molecular weight is 293 g/mol. The van der Waals surface area contributed by atoms with Gasteiger partial charge >= 0.3 is 0 Å². The second-order valence-electron chi connectivity index (χ2n) is 5.88. The van der Waals surface area contributed by atoms with E-state index in [1.54, 1.807) is 14.2 Å². The lowest BCUT2D eigenvalue weighted by Gasteiger charge is -2.24. The van der Waals surface area contributed by atoms with Crippen LogP contribution < -0.4 is 15.2 Å². The highest BCUT2D eigenvalue weighted by Gasteiger charge is 2.26. The van der Waals surface area contributed by atoms with Crippen molar-refractivity contribution in [2.24, 2.45) is 5.73 Å². The molecule has 0 saturated carbocycles. The van der Waals surface area contributed by atoms with Crippen LogP contribution in [0, 0.1) is 0 Å². The lowest BCUT2D eigenvalue weighted by atomic mass is 10.1. The number of ether oxygens (including phenoxy) is 2. The third-order valence-electron chi connectivity index (χ3n) is 4.27. The molecular weight excluding hydrogens is 266 g/mol. The van der Waals surface area contributed by atoms with Crippen LogP contribution in [0.15, 0.2) is 18.2 Å². The molecular formula is C16H27N3O2. The van der Waals surface area contributed by atoms with Gasteiger partial charge in [-0.2, -0.15) is 0 Å². The minimum Gasteiger partial charge on any atom is -0.497 e. The number of nitrogens with zero attached hydrogens (tertiary/aromatic N) is 2. The van der Waals surface area contributed by atoms with Crippen molar-refractivity contribution in [3.05, 3.63) is 23.8 Å². The molecule has 2 N–H and O–H groups in total. The predicted octanol–water partition coefficient (Wildman–Crippen LogP) is 1.34. The standard InChI is InChI=1S/C16H27N3O2/c1-18(2)12-7-8-19(10-12)11-15(17)14-9-13(20-3)5-6-16(14)21-4/h5-6,9,12,15H,7-8,10-11,17H2,1-4H3. The first-order chi connectivity index (χ1) is 10.0. The average Bonchev–Trinajstić information content (AvgIpc) is 2.95. The number of likely N-dealkylation sites (tertiary alicyclic amines) is 1. The van der Waals surface area contributed by atoms with Crippen molar-refractivity contribution in [3.63, 3.8) is 0 Å². The highest BCUT2D eigenvalue weighted by Crippen LogP contribution is 2.29. The highest BCUT2D eigenvalue weighted by molar-refractivity contribution is 5.42. The number of methoxy groups -OCH3 is 2. The summed E-state index contributed by atoms with van der Waals surface area (Å²) in [5.41, 5.74) is 7.41. The van der Waals surface area contributed by atoms with Crippen molar-refractivity contribution in [1.29, 1.82) is 0 Å². The summed E-state index contributed by atoms with van der Waals surface area (Å²) in [6.07, 6.45) is 1.20. The molecule has 0 amide bonds. The fraction of sp³-hybridized carbons (Fsp3) is 0.625. The third-order valence-corrected chi connectivity index (χ3v) is 4.27. The largest absolute Gasteiger partial charge is 0.497 e. The summed E-state index contributed by atoms with van der Waals surface area (Å²) in [7, 11) is 7.62. The molecule has 2 unspecified atom stereocenters. The van der Waals surface area contributed by atoms with E-state index >= 15 is 0 Å². The van der Waals surface area contributed by atoms with E-state index in [-0.39, 0.29) is 6.04 Å². The zero-order chi connectivity index (χ0) is 15.4. The van der Waals surface area contributed by atoms with Gasteiger partial charge in [-0.25, -0.2) is 0 Å². The Balaban J connectivity index is 2.04. The molecule has 0 aromatic heterocycles. The second kappa shape index (κ2) is 7.11. The van der Waals surface area contributed by atoms with Crippen LogP contribution in [0.3, 0.4) is 0 Å². The van der Waals surface area contributed by atoms with E-state index in [4.69, 9.17) is 15.2 Å². The first kappa shape index (κ1) is 16.1. The number of rotatable bonds is 6. The van der Waals surface area contributed by atoms with E-state index in [0.717, 1.165) is 36.7 Å². The third kappa shape index (κ3) is 3.87. The molecule has 1 heterocycles. The van der Waals surface area contributed by atoms with Crippen LogP contribution in [0.4, 0.5) is 0 Å². The fourth-order valence-corrected chi connectivity index (χ4v) is 2.91. The maximum atomic E-state index is 6.41. The Kier molecular flexibility index (Phi) is 5.45. The summed E-state index contributed by atoms with van der Waals surface area (Å²) in [5.74, 6) is 1.64. The normalized spacial score (nSPS) is 20.8. The smallest absolute Gasteiger partial charge is 0.123 e. The minimum atomic E-state index is -0.0732. The van der Waals surface area contributed by atoms with Crippen molar-refractivity contribution in [1.82, 2.24) is 9.80 Å². The van der Waals surface area contributed by atoms with Crippen molar-refractivity contribution in [2.75, 3.05) is 47.9 Å². The molecule has 1 aliphatic heterocycles. The molecule has 2 atom stereocenters. The van der Waals surface area contributed by atoms with Gasteiger partial charge < -0.3 is 20.1 Å². The molecule has 2 rings (SSSR count). The highest BCUT2D eigenvalue weighted by atomic mass is 16.5. The molecule has 21 heavy (non-hydrogen) atoms. The first-order valence-electron chi connectivity index (χ1n) is 7.41. The summed E-state index contributed by atoms with van der Waals surface area (Å²) in [4.78, 5) is 4.71. The lowest BCUT2D eigenvalue weighted by molar-refractivity contribution is 0.259. The fourth-order valence-electron chi connectivity index (χ4n) is 2.91. The van der Waals surface area contributed by atoms with Gasteiger partial charge in [0.2, 0.25) is 0 Å². The zero-order valence-electron chi connectivity index (χ0n) is 13.5. The summed E-state index contributed by atoms with van der Waals surface area (Å²) in [5, 5.41) is 0. The van der Waals surface area contributed by atoms with Gasteiger partial charge in [-0.3, -0.25) is 4.90 Å². The van der Waals surface area contributed by atoms with Crippen LogP contribution in [-0.2, 0) is 0 Å². The van der Waals surface area contributed by atoms with Gasteiger partial charge in [0.15, 0.2) is 0 Å². The number of nitrogens with two attached hydrogens (primary N) is 1. The summed E-state index contributed by atoms with van der Waals surface area (Å²) in [6.45, 7) is 3.02. The van der Waals surface area contributed by atoms with Gasteiger partial charge in [0.05, 0.1) is 14.2 Å². The summed E-state index contributed by atoms with van der Waals surface area (Å²) in [6, 6.07) is 6.34. The van der Waals surface area contributed by atoms with Crippen molar-refractivity contribution < 1.29 is 9.47 Å². The molecule has 118 valence electrons. The Bertz CT molecular complexity index is 465. The van der Waals surface area contributed by atoms with Gasteiger partial charge in [-0.05, 0) is 45.3 Å². The van der Waals surface area contributed by atoms with Gasteiger partial charge in [-0.15, -0.1) is 0 Å². The molecule has 1 aliphatic rings. The molecule has 0 aliphatic carbocycles. The van der Waals surface area contributed by atoms with Gasteiger partial charge in [0.25, 0.3) is 0 Å². The van der Waals surface area contributed by atoms with Crippen molar-refractivity contribution >= 4 is 0 Å². The Hall–Kier alpha value is -1.30. The first-order valence-corrected chi connectivity index (χ1v) is 7.41. The zero-order valence-corrected chi connectivity index (χ0v) is 13.5. The monoisotopic (exact) mass is 293 g/mol.